The first kappa shape index (κ1) is 14.5. The highest BCUT2D eigenvalue weighted by atomic mass is 32.2. The molecule has 2 heterocycles. The average molecular weight is 318 g/mol. The van der Waals surface area contributed by atoms with Crippen molar-refractivity contribution in [2.75, 3.05) is 7.05 Å². The van der Waals surface area contributed by atoms with Gasteiger partial charge in [-0.2, -0.15) is 4.31 Å². The lowest BCUT2D eigenvalue weighted by Gasteiger charge is -2.16. The van der Waals surface area contributed by atoms with Gasteiger partial charge in [-0.3, -0.25) is 4.98 Å². The molecule has 0 fully saturated rings. The number of benzene rings is 1. The molecule has 0 radical (unpaired) electrons. The maximum Gasteiger partial charge on any atom is 0.323 e. The molecule has 0 amide bonds. The van der Waals surface area contributed by atoms with Gasteiger partial charge in [-0.15, -0.1) is 0 Å². The summed E-state index contributed by atoms with van der Waals surface area (Å²) in [6.07, 6.45) is 1.62. The molecule has 0 atom stereocenters. The molecular weight excluding hydrogens is 304 g/mol. The molecule has 0 aliphatic rings. The third-order valence-corrected chi connectivity index (χ3v) is 5.11. The van der Waals surface area contributed by atoms with Crippen LogP contribution < -0.4 is 5.69 Å². The first-order valence-corrected chi connectivity index (χ1v) is 7.99. The zero-order valence-corrected chi connectivity index (χ0v) is 12.6. The van der Waals surface area contributed by atoms with Crippen LogP contribution >= 0.6 is 0 Å². The fourth-order valence-electron chi connectivity index (χ4n) is 2.16. The van der Waals surface area contributed by atoms with E-state index in [1.54, 1.807) is 30.5 Å². The molecule has 0 saturated carbocycles. The van der Waals surface area contributed by atoms with Crippen LogP contribution in [0.25, 0.3) is 11.0 Å². The van der Waals surface area contributed by atoms with E-state index in [2.05, 4.69) is 15.0 Å². The van der Waals surface area contributed by atoms with Crippen LogP contribution in [0, 0.1) is 0 Å². The Morgan fingerprint density at radius 3 is 2.64 bits per heavy atom. The standard InChI is InChI=1S/C14H14N4O3S/c1-18(9-10-4-2-3-7-15-10)22(20,21)11-5-6-12-13(8-11)17-14(19)16-12/h2-8H,9H2,1H3,(H2,16,17,19). The fraction of sp³-hybridized carbons (Fsp3) is 0.143. The minimum Gasteiger partial charge on any atom is -0.306 e. The molecule has 1 aromatic carbocycles. The molecule has 114 valence electrons. The van der Waals surface area contributed by atoms with Crippen LogP contribution in [0.4, 0.5) is 0 Å². The molecule has 2 aromatic heterocycles. The largest absolute Gasteiger partial charge is 0.323 e. The number of H-pyrrole nitrogens is 2. The minimum atomic E-state index is -3.66. The van der Waals surface area contributed by atoms with Crippen LogP contribution in [0.15, 0.2) is 52.3 Å². The van der Waals surface area contributed by atoms with Crippen molar-refractivity contribution in [3.8, 4) is 0 Å². The van der Waals surface area contributed by atoms with Gasteiger partial charge in [-0.1, -0.05) is 6.07 Å². The van der Waals surface area contributed by atoms with E-state index < -0.39 is 10.0 Å². The molecule has 3 rings (SSSR count). The molecule has 0 bridgehead atoms. The Kier molecular flexibility index (Phi) is 3.55. The van der Waals surface area contributed by atoms with Crippen LogP contribution in [-0.2, 0) is 16.6 Å². The van der Waals surface area contributed by atoms with Crippen LogP contribution in [0.3, 0.4) is 0 Å². The first-order chi connectivity index (χ1) is 10.5. The van der Waals surface area contributed by atoms with Crippen molar-refractivity contribution in [1.29, 1.82) is 0 Å². The van der Waals surface area contributed by atoms with Crippen LogP contribution in [0.1, 0.15) is 5.69 Å². The highest BCUT2D eigenvalue weighted by Crippen LogP contribution is 2.19. The number of nitrogens with one attached hydrogen (secondary N) is 2. The number of hydrogen-bond donors (Lipinski definition) is 2. The van der Waals surface area contributed by atoms with E-state index in [-0.39, 0.29) is 17.1 Å². The number of nitrogens with zero attached hydrogens (tertiary/aromatic N) is 2. The second kappa shape index (κ2) is 5.39. The minimum absolute atomic E-state index is 0.119. The van der Waals surface area contributed by atoms with E-state index in [9.17, 15) is 13.2 Å². The Hall–Kier alpha value is -2.45. The molecule has 0 unspecified atom stereocenters. The van der Waals surface area contributed by atoms with Gasteiger partial charge in [0.2, 0.25) is 10.0 Å². The lowest BCUT2D eigenvalue weighted by Crippen LogP contribution is -2.26. The Morgan fingerprint density at radius 1 is 1.14 bits per heavy atom. The predicted octanol–water partition coefficient (Wildman–Crippen LogP) is 1.07. The first-order valence-electron chi connectivity index (χ1n) is 6.55. The van der Waals surface area contributed by atoms with E-state index in [1.165, 1.54) is 23.5 Å². The third-order valence-electron chi connectivity index (χ3n) is 3.31. The molecule has 0 spiro atoms. The molecule has 0 saturated heterocycles. The number of aromatic amines is 2. The summed E-state index contributed by atoms with van der Waals surface area (Å²) in [6, 6.07) is 9.81. The summed E-state index contributed by atoms with van der Waals surface area (Å²) in [5.74, 6) is 0. The summed E-state index contributed by atoms with van der Waals surface area (Å²) < 4.78 is 26.4. The number of imidazole rings is 1. The molecule has 0 aliphatic carbocycles. The van der Waals surface area contributed by atoms with E-state index in [1.807, 2.05) is 0 Å². The van der Waals surface area contributed by atoms with Crippen LogP contribution in [0.2, 0.25) is 0 Å². The van der Waals surface area contributed by atoms with E-state index in [0.717, 1.165) is 0 Å². The molecular formula is C14H14N4O3S. The van der Waals surface area contributed by atoms with Crippen LogP contribution in [-0.4, -0.2) is 34.7 Å². The summed E-state index contributed by atoms with van der Waals surface area (Å²) in [6.45, 7) is 0.171. The van der Waals surface area contributed by atoms with Crippen molar-refractivity contribution in [3.05, 3.63) is 58.8 Å². The Bertz CT molecular complexity index is 960. The van der Waals surface area contributed by atoms with Crippen molar-refractivity contribution in [2.45, 2.75) is 11.4 Å². The predicted molar refractivity (Wildman–Crippen MR) is 81.8 cm³/mol. The van der Waals surface area contributed by atoms with Gasteiger partial charge in [0.25, 0.3) is 0 Å². The number of pyridine rings is 1. The van der Waals surface area contributed by atoms with E-state index in [4.69, 9.17) is 0 Å². The Morgan fingerprint density at radius 2 is 1.91 bits per heavy atom. The van der Waals surface area contributed by atoms with Crippen molar-refractivity contribution >= 4 is 21.1 Å². The maximum atomic E-state index is 12.6. The quantitative estimate of drug-likeness (QED) is 0.751. The smallest absolute Gasteiger partial charge is 0.306 e. The van der Waals surface area contributed by atoms with Gasteiger partial charge in [-0.05, 0) is 30.3 Å². The second-order valence-corrected chi connectivity index (χ2v) is 6.91. The Labute approximate surface area is 126 Å². The average Bonchev–Trinajstić information content (AvgIpc) is 2.87. The van der Waals surface area contributed by atoms with Gasteiger partial charge < -0.3 is 9.97 Å². The number of hydrogen-bond acceptors (Lipinski definition) is 4. The van der Waals surface area contributed by atoms with Gasteiger partial charge in [0.1, 0.15) is 0 Å². The summed E-state index contributed by atoms with van der Waals surface area (Å²) >= 11 is 0. The SMILES string of the molecule is CN(Cc1ccccn1)S(=O)(=O)c1ccc2[nH]c(=O)[nH]c2c1. The zero-order valence-electron chi connectivity index (χ0n) is 11.8. The van der Waals surface area contributed by atoms with Crippen molar-refractivity contribution in [1.82, 2.24) is 19.3 Å². The monoisotopic (exact) mass is 318 g/mol. The Balaban J connectivity index is 1.94. The number of rotatable bonds is 4. The number of sulfonamides is 1. The lowest BCUT2D eigenvalue weighted by molar-refractivity contribution is 0.462. The topological polar surface area (TPSA) is 98.9 Å². The summed E-state index contributed by atoms with van der Waals surface area (Å²) in [5.41, 5.74) is 1.31. The van der Waals surface area contributed by atoms with Gasteiger partial charge in [0.05, 0.1) is 28.2 Å². The van der Waals surface area contributed by atoms with Gasteiger partial charge in [0, 0.05) is 13.2 Å². The van der Waals surface area contributed by atoms with Crippen molar-refractivity contribution in [2.24, 2.45) is 0 Å². The van der Waals surface area contributed by atoms with E-state index in [0.29, 0.717) is 16.7 Å². The highest BCUT2D eigenvalue weighted by molar-refractivity contribution is 7.89. The second-order valence-electron chi connectivity index (χ2n) is 4.87. The molecule has 2 N–H and O–H groups in total. The summed E-state index contributed by atoms with van der Waals surface area (Å²) in [5, 5.41) is 0. The molecule has 22 heavy (non-hydrogen) atoms. The summed E-state index contributed by atoms with van der Waals surface area (Å²) in [7, 11) is -2.17. The molecule has 3 aromatic rings. The summed E-state index contributed by atoms with van der Waals surface area (Å²) in [4.78, 5) is 20.6. The molecule has 8 heteroatoms. The van der Waals surface area contributed by atoms with E-state index >= 15 is 0 Å². The number of aromatic nitrogens is 3. The van der Waals surface area contributed by atoms with Crippen LogP contribution in [0.5, 0.6) is 0 Å². The van der Waals surface area contributed by atoms with Gasteiger partial charge in [0.15, 0.2) is 0 Å². The maximum absolute atomic E-state index is 12.6. The molecule has 0 aliphatic heterocycles. The normalized spacial score (nSPS) is 12.1. The lowest BCUT2D eigenvalue weighted by atomic mass is 10.3. The van der Waals surface area contributed by atoms with Crippen molar-refractivity contribution < 1.29 is 8.42 Å². The number of fused-ring (bicyclic) bond motifs is 1. The van der Waals surface area contributed by atoms with Gasteiger partial charge in [-0.25, -0.2) is 13.2 Å². The zero-order chi connectivity index (χ0) is 15.7. The fourth-order valence-corrected chi connectivity index (χ4v) is 3.33. The van der Waals surface area contributed by atoms with Gasteiger partial charge >= 0.3 is 5.69 Å². The van der Waals surface area contributed by atoms with Crippen molar-refractivity contribution in [3.63, 3.8) is 0 Å². The molecule has 7 nitrogen and oxygen atoms in total. The highest BCUT2D eigenvalue weighted by Gasteiger charge is 2.21. The third kappa shape index (κ3) is 2.66.